The van der Waals surface area contributed by atoms with Crippen LogP contribution in [-0.2, 0) is 11.4 Å². The molecule has 0 amide bonds. The molecule has 0 bridgehead atoms. The number of carbonyl (C=O) groups is 1. The molecule has 5 nitrogen and oxygen atoms in total. The molecular formula is C30H33FO5. The largest absolute Gasteiger partial charge is 0.497 e. The summed E-state index contributed by atoms with van der Waals surface area (Å²) in [5, 5.41) is 9.24. The Labute approximate surface area is 212 Å². The van der Waals surface area contributed by atoms with Crippen LogP contribution >= 0.6 is 0 Å². The minimum absolute atomic E-state index is 0.0240. The zero-order valence-electron chi connectivity index (χ0n) is 20.8. The minimum Gasteiger partial charge on any atom is -0.497 e. The van der Waals surface area contributed by atoms with E-state index < -0.39 is 5.97 Å². The Morgan fingerprint density at radius 3 is 2.61 bits per heavy atom. The number of benzene rings is 3. The number of hydrogen-bond acceptors (Lipinski definition) is 4. The van der Waals surface area contributed by atoms with Crippen LogP contribution in [0.1, 0.15) is 49.7 Å². The standard InChI is InChI=1S/C30H33FO5/c1-4-6-15-35-29-16-21(11-13-26(29)27-19-24(34-3)12-14-28(27)31)20-36-25-10-7-9-23(17-25)22(8-5-2)18-30(32)33/h5,7,9-14,16-17,19,22H,2,4,6,8,15,18,20H2,1,3H3,(H,32,33)/t22-/m0/s1. The van der Waals surface area contributed by atoms with E-state index in [1.807, 2.05) is 42.5 Å². The number of carboxylic acids is 1. The smallest absolute Gasteiger partial charge is 0.303 e. The van der Waals surface area contributed by atoms with Crippen LogP contribution in [0.5, 0.6) is 17.2 Å². The molecule has 0 fully saturated rings. The van der Waals surface area contributed by atoms with E-state index in [4.69, 9.17) is 14.2 Å². The van der Waals surface area contributed by atoms with Crippen LogP contribution < -0.4 is 14.2 Å². The van der Waals surface area contributed by atoms with Gasteiger partial charge >= 0.3 is 5.97 Å². The van der Waals surface area contributed by atoms with E-state index >= 15 is 0 Å². The summed E-state index contributed by atoms with van der Waals surface area (Å²) in [4.78, 5) is 11.3. The van der Waals surface area contributed by atoms with Gasteiger partial charge in [-0.15, -0.1) is 6.58 Å². The van der Waals surface area contributed by atoms with Gasteiger partial charge in [0, 0.05) is 11.1 Å². The Bertz CT molecular complexity index is 1170. The average Bonchev–Trinajstić information content (AvgIpc) is 2.88. The number of allylic oxidation sites excluding steroid dienone is 1. The SMILES string of the molecule is C=CC[C@@H](CC(=O)O)c1cccc(OCc2ccc(-c3cc(OC)ccc3F)c(OCCCC)c2)c1. The second kappa shape index (κ2) is 13.3. The fourth-order valence-electron chi connectivity index (χ4n) is 3.94. The highest BCUT2D eigenvalue weighted by molar-refractivity contribution is 5.72. The van der Waals surface area contributed by atoms with Crippen molar-refractivity contribution in [2.24, 2.45) is 0 Å². The Morgan fingerprint density at radius 1 is 1.06 bits per heavy atom. The summed E-state index contributed by atoms with van der Waals surface area (Å²) >= 11 is 0. The molecule has 3 aromatic rings. The first-order valence-electron chi connectivity index (χ1n) is 12.1. The van der Waals surface area contributed by atoms with Crippen molar-refractivity contribution < 1.29 is 28.5 Å². The Morgan fingerprint density at radius 2 is 1.89 bits per heavy atom. The third kappa shape index (κ3) is 7.35. The van der Waals surface area contributed by atoms with E-state index in [0.29, 0.717) is 41.4 Å². The molecule has 3 rings (SSSR count). The molecule has 0 saturated heterocycles. The number of halogens is 1. The lowest BCUT2D eigenvalue weighted by atomic mass is 9.92. The molecule has 190 valence electrons. The molecule has 1 N–H and O–H groups in total. The molecule has 3 aromatic carbocycles. The summed E-state index contributed by atoms with van der Waals surface area (Å²) in [7, 11) is 1.55. The number of rotatable bonds is 14. The van der Waals surface area contributed by atoms with Gasteiger partial charge in [0.2, 0.25) is 0 Å². The lowest BCUT2D eigenvalue weighted by Crippen LogP contribution is -2.06. The van der Waals surface area contributed by atoms with Crippen LogP contribution in [0.2, 0.25) is 0 Å². The predicted molar refractivity (Wildman–Crippen MR) is 139 cm³/mol. The van der Waals surface area contributed by atoms with Gasteiger partial charge in [0.1, 0.15) is 29.7 Å². The Hall–Kier alpha value is -3.80. The van der Waals surface area contributed by atoms with Crippen molar-refractivity contribution >= 4 is 5.97 Å². The highest BCUT2D eigenvalue weighted by atomic mass is 19.1. The van der Waals surface area contributed by atoms with Gasteiger partial charge in [-0.1, -0.05) is 43.7 Å². The molecule has 0 aliphatic heterocycles. The first-order valence-corrected chi connectivity index (χ1v) is 12.1. The van der Waals surface area contributed by atoms with Crippen LogP contribution in [0.25, 0.3) is 11.1 Å². The summed E-state index contributed by atoms with van der Waals surface area (Å²) in [6.45, 7) is 6.63. The molecule has 0 unspecified atom stereocenters. The van der Waals surface area contributed by atoms with E-state index in [-0.39, 0.29) is 24.8 Å². The second-order valence-electron chi connectivity index (χ2n) is 8.56. The molecule has 0 heterocycles. The van der Waals surface area contributed by atoms with Gasteiger partial charge in [0.05, 0.1) is 20.1 Å². The Balaban J connectivity index is 1.83. The fraction of sp³-hybridized carbons (Fsp3) is 0.300. The zero-order chi connectivity index (χ0) is 25.9. The van der Waals surface area contributed by atoms with Crippen LogP contribution in [0, 0.1) is 5.82 Å². The van der Waals surface area contributed by atoms with Gasteiger partial charge in [-0.2, -0.15) is 0 Å². The summed E-state index contributed by atoms with van der Waals surface area (Å²) in [6, 6.07) is 17.7. The van der Waals surface area contributed by atoms with Gasteiger partial charge in [-0.3, -0.25) is 4.79 Å². The van der Waals surface area contributed by atoms with Crippen LogP contribution in [0.15, 0.2) is 73.3 Å². The maximum atomic E-state index is 14.7. The summed E-state index contributed by atoms with van der Waals surface area (Å²) in [6.07, 6.45) is 4.19. The molecule has 36 heavy (non-hydrogen) atoms. The summed E-state index contributed by atoms with van der Waals surface area (Å²) < 4.78 is 32.0. The lowest BCUT2D eigenvalue weighted by molar-refractivity contribution is -0.137. The highest BCUT2D eigenvalue weighted by Crippen LogP contribution is 2.35. The molecule has 1 atom stereocenters. The molecule has 6 heteroatoms. The van der Waals surface area contributed by atoms with Crippen molar-refractivity contribution in [2.45, 2.75) is 45.1 Å². The predicted octanol–water partition coefficient (Wildman–Crippen LogP) is 7.39. The quantitative estimate of drug-likeness (QED) is 0.188. The number of hydrogen-bond donors (Lipinski definition) is 1. The topological polar surface area (TPSA) is 65.0 Å². The number of carboxylic acid groups (broad SMARTS) is 1. The minimum atomic E-state index is -0.851. The summed E-state index contributed by atoms with van der Waals surface area (Å²) in [5.74, 6) is 0.417. The van der Waals surface area contributed by atoms with Crippen molar-refractivity contribution in [3.05, 3.63) is 90.3 Å². The number of aliphatic carboxylic acids is 1. The van der Waals surface area contributed by atoms with Gasteiger partial charge < -0.3 is 19.3 Å². The number of methoxy groups -OCH3 is 1. The lowest BCUT2D eigenvalue weighted by Gasteiger charge is -2.16. The summed E-state index contributed by atoms with van der Waals surface area (Å²) in [5.41, 5.74) is 2.82. The fourth-order valence-corrected chi connectivity index (χ4v) is 3.94. The first-order chi connectivity index (χ1) is 17.4. The zero-order valence-corrected chi connectivity index (χ0v) is 20.8. The molecule has 0 radical (unpaired) electrons. The average molecular weight is 493 g/mol. The molecule has 0 saturated carbocycles. The van der Waals surface area contributed by atoms with Gasteiger partial charge in [0.15, 0.2) is 0 Å². The molecular weight excluding hydrogens is 459 g/mol. The third-order valence-corrected chi connectivity index (χ3v) is 5.87. The Kier molecular flexibility index (Phi) is 9.92. The van der Waals surface area contributed by atoms with Crippen molar-refractivity contribution in [1.82, 2.24) is 0 Å². The maximum Gasteiger partial charge on any atom is 0.303 e. The van der Waals surface area contributed by atoms with Crippen LogP contribution in [0.4, 0.5) is 4.39 Å². The van der Waals surface area contributed by atoms with Crippen molar-refractivity contribution in [2.75, 3.05) is 13.7 Å². The van der Waals surface area contributed by atoms with Crippen molar-refractivity contribution in [3.8, 4) is 28.4 Å². The molecule has 0 spiro atoms. The van der Waals surface area contributed by atoms with E-state index in [2.05, 4.69) is 13.5 Å². The monoisotopic (exact) mass is 492 g/mol. The second-order valence-corrected chi connectivity index (χ2v) is 8.56. The van der Waals surface area contributed by atoms with Crippen molar-refractivity contribution in [1.29, 1.82) is 0 Å². The van der Waals surface area contributed by atoms with Crippen LogP contribution in [0.3, 0.4) is 0 Å². The van der Waals surface area contributed by atoms with E-state index in [1.54, 1.807) is 25.3 Å². The molecule has 0 aromatic heterocycles. The number of ether oxygens (including phenoxy) is 3. The highest BCUT2D eigenvalue weighted by Gasteiger charge is 2.16. The third-order valence-electron chi connectivity index (χ3n) is 5.87. The van der Waals surface area contributed by atoms with E-state index in [9.17, 15) is 14.3 Å². The van der Waals surface area contributed by atoms with Crippen molar-refractivity contribution in [3.63, 3.8) is 0 Å². The first kappa shape index (κ1) is 26.8. The molecule has 0 aliphatic carbocycles. The van der Waals surface area contributed by atoms with Crippen LogP contribution in [-0.4, -0.2) is 24.8 Å². The van der Waals surface area contributed by atoms with Gasteiger partial charge in [0.25, 0.3) is 0 Å². The van der Waals surface area contributed by atoms with E-state index in [0.717, 1.165) is 24.0 Å². The maximum absolute atomic E-state index is 14.7. The van der Waals surface area contributed by atoms with Gasteiger partial charge in [-0.25, -0.2) is 4.39 Å². The van der Waals surface area contributed by atoms with Gasteiger partial charge in [-0.05, 0) is 66.3 Å². The number of unbranched alkanes of at least 4 members (excludes halogenated alkanes) is 1. The normalized spacial score (nSPS) is 11.5. The van der Waals surface area contributed by atoms with E-state index in [1.165, 1.54) is 6.07 Å². The molecule has 0 aliphatic rings.